The maximum atomic E-state index is 12.8. The van der Waals surface area contributed by atoms with Crippen molar-refractivity contribution in [1.29, 1.82) is 5.26 Å². The van der Waals surface area contributed by atoms with Crippen molar-refractivity contribution < 1.29 is 14.4 Å². The van der Waals surface area contributed by atoms with Gasteiger partial charge in [-0.3, -0.25) is 19.3 Å². The van der Waals surface area contributed by atoms with E-state index in [1.54, 1.807) is 30.3 Å². The zero-order chi connectivity index (χ0) is 21.1. The number of carbonyl (C=O) groups is 3. The smallest absolute Gasteiger partial charge is 0.272 e. The molecule has 2 aromatic carbocycles. The van der Waals surface area contributed by atoms with Crippen LogP contribution in [0.1, 0.15) is 22.8 Å². The average Bonchev–Trinajstić information content (AvgIpc) is 3.04. The van der Waals surface area contributed by atoms with Gasteiger partial charge in [-0.1, -0.05) is 37.4 Å². The van der Waals surface area contributed by atoms with Crippen LogP contribution < -0.4 is 10.6 Å². The second-order valence-electron chi connectivity index (χ2n) is 6.47. The molecule has 7 heteroatoms. The molecular weight excluding hydrogens is 368 g/mol. The van der Waals surface area contributed by atoms with Crippen LogP contribution in [0, 0.1) is 11.3 Å². The molecule has 0 fully saturated rings. The largest absolute Gasteiger partial charge is 0.326 e. The van der Waals surface area contributed by atoms with Gasteiger partial charge in [-0.15, -0.1) is 0 Å². The van der Waals surface area contributed by atoms with Gasteiger partial charge in [-0.25, -0.2) is 0 Å². The molecule has 2 N–H and O–H groups in total. The summed E-state index contributed by atoms with van der Waals surface area (Å²) in [6.07, 6.45) is 0. The van der Waals surface area contributed by atoms with Crippen molar-refractivity contribution in [2.75, 3.05) is 5.32 Å². The van der Waals surface area contributed by atoms with E-state index in [-0.39, 0.29) is 29.8 Å². The molecule has 3 rings (SSSR count). The molecule has 144 valence electrons. The van der Waals surface area contributed by atoms with E-state index in [9.17, 15) is 14.4 Å². The molecule has 2 aromatic rings. The highest BCUT2D eigenvalue weighted by atomic mass is 16.2. The van der Waals surface area contributed by atoms with Gasteiger partial charge in [0, 0.05) is 18.2 Å². The predicted molar refractivity (Wildman–Crippen MR) is 108 cm³/mol. The van der Waals surface area contributed by atoms with Crippen LogP contribution in [0.2, 0.25) is 0 Å². The van der Waals surface area contributed by atoms with Gasteiger partial charge in [0.05, 0.1) is 6.54 Å². The van der Waals surface area contributed by atoms with E-state index in [1.807, 2.05) is 18.2 Å². The number of nitrogens with zero attached hydrogens (tertiary/aromatic N) is 2. The third kappa shape index (κ3) is 3.92. The number of anilines is 1. The highest BCUT2D eigenvalue weighted by Crippen LogP contribution is 2.34. The predicted octanol–water partition coefficient (Wildman–Crippen LogP) is 2.93. The normalized spacial score (nSPS) is 12.0. The minimum atomic E-state index is -0.654. The highest BCUT2D eigenvalue weighted by molar-refractivity contribution is 6.06. The Morgan fingerprint density at radius 1 is 1.10 bits per heavy atom. The summed E-state index contributed by atoms with van der Waals surface area (Å²) in [5, 5.41) is 13.8. The zero-order valence-electron chi connectivity index (χ0n) is 15.8. The van der Waals surface area contributed by atoms with Gasteiger partial charge in [0.1, 0.15) is 17.5 Å². The Morgan fingerprint density at radius 3 is 2.38 bits per heavy atom. The summed E-state index contributed by atoms with van der Waals surface area (Å²) in [5.74, 6) is -1.14. The fraction of sp³-hybridized carbons (Fsp3) is 0.0909. The summed E-state index contributed by atoms with van der Waals surface area (Å²) in [7, 11) is 0. The summed E-state index contributed by atoms with van der Waals surface area (Å²) >= 11 is 0. The lowest BCUT2D eigenvalue weighted by Crippen LogP contribution is -2.34. The highest BCUT2D eigenvalue weighted by Gasteiger charge is 2.33. The van der Waals surface area contributed by atoms with E-state index < -0.39 is 5.91 Å². The first-order chi connectivity index (χ1) is 13.8. The molecule has 0 aromatic heterocycles. The minimum Gasteiger partial charge on any atom is -0.326 e. The average molecular weight is 386 g/mol. The molecule has 29 heavy (non-hydrogen) atoms. The quantitative estimate of drug-likeness (QED) is 0.609. The first kappa shape index (κ1) is 19.6. The van der Waals surface area contributed by atoms with E-state index in [2.05, 4.69) is 23.8 Å². The van der Waals surface area contributed by atoms with Crippen LogP contribution >= 0.6 is 0 Å². The van der Waals surface area contributed by atoms with Crippen molar-refractivity contribution in [3.8, 4) is 17.2 Å². The second kappa shape index (κ2) is 7.82. The Bertz CT molecular complexity index is 1090. The molecule has 0 atom stereocenters. The molecule has 0 unspecified atom stereocenters. The molecule has 1 aliphatic rings. The van der Waals surface area contributed by atoms with Crippen molar-refractivity contribution in [3.63, 3.8) is 0 Å². The number of rotatable bonds is 5. The maximum Gasteiger partial charge on any atom is 0.272 e. The third-order valence-corrected chi connectivity index (χ3v) is 4.47. The summed E-state index contributed by atoms with van der Waals surface area (Å²) in [6, 6.07) is 14.4. The van der Waals surface area contributed by atoms with Gasteiger partial charge >= 0.3 is 0 Å². The Kier molecular flexibility index (Phi) is 5.28. The monoisotopic (exact) mass is 386 g/mol. The molecule has 7 nitrogen and oxygen atoms in total. The third-order valence-electron chi connectivity index (χ3n) is 4.47. The number of nitriles is 1. The SMILES string of the molecule is C=C(C#N)NC(=O)C(=C)N1Cc2c(cccc2-c2ccc(NC(C)=O)cc2)C1=O. The van der Waals surface area contributed by atoms with Gasteiger partial charge < -0.3 is 10.6 Å². The summed E-state index contributed by atoms with van der Waals surface area (Å²) in [5.41, 5.74) is 3.48. The number of fused-ring (bicyclic) bond motifs is 1. The number of carbonyl (C=O) groups excluding carboxylic acids is 3. The first-order valence-electron chi connectivity index (χ1n) is 8.73. The lowest BCUT2D eigenvalue weighted by Gasteiger charge is -2.17. The molecule has 0 radical (unpaired) electrons. The molecule has 0 spiro atoms. The van der Waals surface area contributed by atoms with Gasteiger partial charge in [0.2, 0.25) is 5.91 Å². The number of amides is 3. The Balaban J connectivity index is 1.88. The first-order valence-corrected chi connectivity index (χ1v) is 8.73. The maximum absolute atomic E-state index is 12.8. The fourth-order valence-electron chi connectivity index (χ4n) is 3.12. The standard InChI is InChI=1S/C22H18N4O3/c1-13(11-23)24-21(28)14(2)26-12-20-18(5-4-6-19(20)22(26)29)16-7-9-17(10-8-16)25-15(3)27/h4-10H,1-2,12H2,3H3,(H,24,28)(H,25,27). The van der Waals surface area contributed by atoms with Gasteiger partial charge in [0.15, 0.2) is 0 Å². The minimum absolute atomic E-state index is 0.0606. The van der Waals surface area contributed by atoms with Crippen LogP contribution in [0.15, 0.2) is 67.0 Å². The second-order valence-corrected chi connectivity index (χ2v) is 6.47. The van der Waals surface area contributed by atoms with E-state index in [0.29, 0.717) is 11.3 Å². The van der Waals surface area contributed by atoms with Crippen molar-refractivity contribution in [2.45, 2.75) is 13.5 Å². The van der Waals surface area contributed by atoms with Crippen molar-refractivity contribution in [3.05, 3.63) is 78.1 Å². The lowest BCUT2D eigenvalue weighted by molar-refractivity contribution is -0.118. The lowest BCUT2D eigenvalue weighted by atomic mass is 9.97. The van der Waals surface area contributed by atoms with Crippen LogP contribution in [0.5, 0.6) is 0 Å². The Hall–Kier alpha value is -4.18. The number of allylic oxidation sites excluding steroid dienone is 1. The van der Waals surface area contributed by atoms with Crippen LogP contribution in [-0.2, 0) is 16.1 Å². The molecule has 0 bridgehead atoms. The van der Waals surface area contributed by atoms with Crippen LogP contribution in [0.25, 0.3) is 11.1 Å². The Labute approximate surface area is 167 Å². The summed E-state index contributed by atoms with van der Waals surface area (Å²) in [4.78, 5) is 37.5. The zero-order valence-corrected chi connectivity index (χ0v) is 15.8. The summed E-state index contributed by atoms with van der Waals surface area (Å²) < 4.78 is 0. The molecule has 0 saturated carbocycles. The topological polar surface area (TPSA) is 102 Å². The van der Waals surface area contributed by atoms with E-state index in [1.165, 1.54) is 11.8 Å². The van der Waals surface area contributed by atoms with Crippen molar-refractivity contribution in [2.24, 2.45) is 0 Å². The van der Waals surface area contributed by atoms with Crippen molar-refractivity contribution in [1.82, 2.24) is 10.2 Å². The molecular formula is C22H18N4O3. The van der Waals surface area contributed by atoms with Crippen molar-refractivity contribution >= 4 is 23.4 Å². The fourth-order valence-corrected chi connectivity index (χ4v) is 3.12. The molecule has 0 aliphatic carbocycles. The number of benzene rings is 2. The summed E-state index contributed by atoms with van der Waals surface area (Å²) in [6.45, 7) is 8.72. The number of hydrogen-bond acceptors (Lipinski definition) is 4. The van der Waals surface area contributed by atoms with E-state index in [4.69, 9.17) is 5.26 Å². The van der Waals surface area contributed by atoms with Crippen LogP contribution in [0.4, 0.5) is 5.69 Å². The van der Waals surface area contributed by atoms with Gasteiger partial charge in [-0.05, 0) is 34.9 Å². The van der Waals surface area contributed by atoms with Crippen LogP contribution in [0.3, 0.4) is 0 Å². The molecule has 1 heterocycles. The van der Waals surface area contributed by atoms with Crippen LogP contribution in [-0.4, -0.2) is 22.6 Å². The molecule has 1 aliphatic heterocycles. The van der Waals surface area contributed by atoms with E-state index in [0.717, 1.165) is 16.7 Å². The number of nitrogens with one attached hydrogen (secondary N) is 2. The van der Waals surface area contributed by atoms with Gasteiger partial charge in [-0.2, -0.15) is 5.26 Å². The Morgan fingerprint density at radius 2 is 1.76 bits per heavy atom. The van der Waals surface area contributed by atoms with Gasteiger partial charge in [0.25, 0.3) is 11.8 Å². The van der Waals surface area contributed by atoms with E-state index >= 15 is 0 Å². The molecule has 0 saturated heterocycles. The molecule has 3 amide bonds. The number of hydrogen-bond donors (Lipinski definition) is 2.